The Morgan fingerprint density at radius 1 is 1.18 bits per heavy atom. The number of halogens is 1. The first-order chi connectivity index (χ1) is 10.4. The van der Waals surface area contributed by atoms with E-state index < -0.39 is 0 Å². The van der Waals surface area contributed by atoms with Gasteiger partial charge in [0.15, 0.2) is 10.2 Å². The van der Waals surface area contributed by atoms with Crippen molar-refractivity contribution in [2.45, 2.75) is 13.3 Å². The van der Waals surface area contributed by atoms with Crippen molar-refractivity contribution in [3.63, 3.8) is 0 Å². The summed E-state index contributed by atoms with van der Waals surface area (Å²) in [7, 11) is 4.08. The average Bonchev–Trinajstić information content (AvgIpc) is 2.46. The summed E-state index contributed by atoms with van der Waals surface area (Å²) in [6, 6.07) is 5.61. The fraction of sp³-hybridized carbons (Fsp3) is 0.429. The van der Waals surface area contributed by atoms with Gasteiger partial charge >= 0.3 is 0 Å². The molecule has 22 heavy (non-hydrogen) atoms. The minimum Gasteiger partial charge on any atom is -0.361 e. The summed E-state index contributed by atoms with van der Waals surface area (Å²) in [6.07, 6.45) is 1.01. The molecule has 0 amide bonds. The van der Waals surface area contributed by atoms with Crippen molar-refractivity contribution < 1.29 is 0 Å². The largest absolute Gasteiger partial charge is 0.361 e. The maximum absolute atomic E-state index is 6.06. The molecule has 0 heterocycles. The third-order valence-corrected chi connectivity index (χ3v) is 3.73. The number of anilines is 1. The van der Waals surface area contributed by atoms with Crippen molar-refractivity contribution in [1.82, 2.24) is 21.1 Å². The first-order valence-corrected chi connectivity index (χ1v) is 8.10. The predicted molar refractivity (Wildman–Crippen MR) is 102 cm³/mol. The molecule has 5 nitrogen and oxygen atoms in total. The number of rotatable bonds is 5. The molecular weight excluding hydrogens is 338 g/mol. The summed E-state index contributed by atoms with van der Waals surface area (Å²) < 4.78 is 0. The molecule has 4 N–H and O–H groups in total. The number of benzene rings is 1. The second-order valence-corrected chi connectivity index (χ2v) is 6.25. The topological polar surface area (TPSA) is 51.4 Å². The van der Waals surface area contributed by atoms with Crippen LogP contribution in [0, 0.1) is 6.92 Å². The number of hydrogen-bond acceptors (Lipinski definition) is 3. The maximum atomic E-state index is 6.06. The molecule has 1 aromatic rings. The van der Waals surface area contributed by atoms with Gasteiger partial charge < -0.3 is 15.5 Å². The highest BCUT2D eigenvalue weighted by atomic mass is 35.5. The van der Waals surface area contributed by atoms with Crippen molar-refractivity contribution in [3.8, 4) is 0 Å². The van der Waals surface area contributed by atoms with Crippen LogP contribution < -0.4 is 21.5 Å². The SMILES string of the molecule is Cc1c(Cl)cccc1NC(=S)NNC(=S)NCCCN(C)C. The molecule has 1 rings (SSSR count). The highest BCUT2D eigenvalue weighted by Crippen LogP contribution is 2.22. The fourth-order valence-electron chi connectivity index (χ4n) is 1.65. The number of hydrogen-bond donors (Lipinski definition) is 4. The summed E-state index contributed by atoms with van der Waals surface area (Å²) in [5, 5.41) is 7.79. The second kappa shape index (κ2) is 9.78. The third kappa shape index (κ3) is 7.22. The van der Waals surface area contributed by atoms with Crippen LogP contribution in [0.1, 0.15) is 12.0 Å². The normalized spacial score (nSPS) is 10.2. The Labute approximate surface area is 147 Å². The van der Waals surface area contributed by atoms with Crippen LogP contribution >= 0.6 is 36.0 Å². The van der Waals surface area contributed by atoms with Gasteiger partial charge in [0.2, 0.25) is 0 Å². The Bertz CT molecular complexity index is 522. The average molecular weight is 360 g/mol. The highest BCUT2D eigenvalue weighted by molar-refractivity contribution is 7.80. The standard InChI is InChI=1S/C14H22ClN5S2/c1-10-11(15)6-4-7-12(10)17-14(22)19-18-13(21)16-8-5-9-20(2)3/h4,6-7H,5,8-9H2,1-3H3,(H2,16,18,21)(H2,17,19,22). The third-order valence-electron chi connectivity index (χ3n) is 2.87. The van der Waals surface area contributed by atoms with E-state index in [2.05, 4.69) is 26.4 Å². The molecule has 0 atom stereocenters. The van der Waals surface area contributed by atoms with Crippen molar-refractivity contribution in [2.24, 2.45) is 0 Å². The summed E-state index contributed by atoms with van der Waals surface area (Å²) in [6.45, 7) is 3.74. The summed E-state index contributed by atoms with van der Waals surface area (Å²) in [4.78, 5) is 2.13. The van der Waals surface area contributed by atoms with E-state index in [1.165, 1.54) is 0 Å². The maximum Gasteiger partial charge on any atom is 0.189 e. The Kier molecular flexibility index (Phi) is 8.40. The smallest absolute Gasteiger partial charge is 0.189 e. The molecule has 0 spiro atoms. The molecule has 0 saturated carbocycles. The first-order valence-electron chi connectivity index (χ1n) is 6.91. The van der Waals surface area contributed by atoms with Crippen LogP contribution in [0.2, 0.25) is 5.02 Å². The summed E-state index contributed by atoms with van der Waals surface area (Å²) >= 11 is 16.4. The molecular formula is C14H22ClN5S2. The Morgan fingerprint density at radius 3 is 2.55 bits per heavy atom. The summed E-state index contributed by atoms with van der Waals surface area (Å²) in [5.41, 5.74) is 7.49. The zero-order chi connectivity index (χ0) is 16.5. The molecule has 122 valence electrons. The minimum absolute atomic E-state index is 0.419. The van der Waals surface area contributed by atoms with E-state index in [1.54, 1.807) is 0 Å². The fourth-order valence-corrected chi connectivity index (χ4v) is 2.14. The lowest BCUT2D eigenvalue weighted by molar-refractivity contribution is 0.400. The molecule has 0 aliphatic rings. The van der Waals surface area contributed by atoms with Crippen molar-refractivity contribution in [2.75, 3.05) is 32.5 Å². The predicted octanol–water partition coefficient (Wildman–Crippen LogP) is 2.27. The minimum atomic E-state index is 0.419. The number of hydrazine groups is 1. The van der Waals surface area contributed by atoms with E-state index in [0.717, 1.165) is 30.8 Å². The van der Waals surface area contributed by atoms with Crippen LogP contribution in [0.4, 0.5) is 5.69 Å². The van der Waals surface area contributed by atoms with Crippen molar-refractivity contribution >= 4 is 51.9 Å². The van der Waals surface area contributed by atoms with E-state index in [0.29, 0.717) is 15.2 Å². The molecule has 0 aliphatic carbocycles. The van der Waals surface area contributed by atoms with Gasteiger partial charge in [0.25, 0.3) is 0 Å². The number of thiocarbonyl (C=S) groups is 2. The quantitative estimate of drug-likeness (QED) is 0.365. The molecule has 0 bridgehead atoms. The van der Waals surface area contributed by atoms with Gasteiger partial charge in [0.05, 0.1) is 0 Å². The monoisotopic (exact) mass is 359 g/mol. The van der Waals surface area contributed by atoms with Crippen molar-refractivity contribution in [3.05, 3.63) is 28.8 Å². The van der Waals surface area contributed by atoms with Gasteiger partial charge in [-0.2, -0.15) is 0 Å². The van der Waals surface area contributed by atoms with Gasteiger partial charge in [-0.25, -0.2) is 0 Å². The molecule has 8 heteroatoms. The second-order valence-electron chi connectivity index (χ2n) is 5.03. The molecule has 0 aliphatic heterocycles. The van der Waals surface area contributed by atoms with Crippen LogP contribution in [0.3, 0.4) is 0 Å². The van der Waals surface area contributed by atoms with Crippen molar-refractivity contribution in [1.29, 1.82) is 0 Å². The molecule has 1 aromatic carbocycles. The summed E-state index contributed by atoms with van der Waals surface area (Å²) in [5.74, 6) is 0. The van der Waals surface area contributed by atoms with E-state index in [4.69, 9.17) is 36.0 Å². The van der Waals surface area contributed by atoms with Gasteiger partial charge in [-0.3, -0.25) is 10.9 Å². The molecule has 0 saturated heterocycles. The van der Waals surface area contributed by atoms with Crippen LogP contribution in [0.15, 0.2) is 18.2 Å². The molecule has 0 fully saturated rings. The van der Waals surface area contributed by atoms with Crippen LogP contribution in [-0.4, -0.2) is 42.3 Å². The van der Waals surface area contributed by atoms with Gasteiger partial charge in [-0.05, 0) is 76.1 Å². The van der Waals surface area contributed by atoms with Crippen LogP contribution in [-0.2, 0) is 0 Å². The number of nitrogens with zero attached hydrogens (tertiary/aromatic N) is 1. The lowest BCUT2D eigenvalue weighted by Gasteiger charge is -2.16. The lowest BCUT2D eigenvalue weighted by atomic mass is 10.2. The lowest BCUT2D eigenvalue weighted by Crippen LogP contribution is -2.48. The van der Waals surface area contributed by atoms with E-state index in [1.807, 2.05) is 39.2 Å². The Morgan fingerprint density at radius 2 is 1.86 bits per heavy atom. The van der Waals surface area contributed by atoms with E-state index in [9.17, 15) is 0 Å². The van der Waals surface area contributed by atoms with Gasteiger partial charge in [-0.1, -0.05) is 17.7 Å². The Balaban J connectivity index is 2.28. The van der Waals surface area contributed by atoms with Gasteiger partial charge in [-0.15, -0.1) is 0 Å². The van der Waals surface area contributed by atoms with Gasteiger partial charge in [0.1, 0.15) is 0 Å². The zero-order valence-corrected chi connectivity index (χ0v) is 15.4. The van der Waals surface area contributed by atoms with Crippen LogP contribution in [0.5, 0.6) is 0 Å². The van der Waals surface area contributed by atoms with Crippen LogP contribution in [0.25, 0.3) is 0 Å². The van der Waals surface area contributed by atoms with Gasteiger partial charge in [0, 0.05) is 17.3 Å². The molecule has 0 aromatic heterocycles. The molecule has 0 radical (unpaired) electrons. The van der Waals surface area contributed by atoms with E-state index in [-0.39, 0.29) is 0 Å². The number of nitrogens with one attached hydrogen (secondary N) is 4. The molecule has 0 unspecified atom stereocenters. The van der Waals surface area contributed by atoms with E-state index >= 15 is 0 Å². The Hall–Kier alpha value is -1.15. The highest BCUT2D eigenvalue weighted by Gasteiger charge is 2.04. The first kappa shape index (κ1) is 18.9. The zero-order valence-electron chi connectivity index (χ0n) is 13.0.